The summed E-state index contributed by atoms with van der Waals surface area (Å²) in [7, 11) is 1.53. The maximum atomic E-state index is 13.0. The molecule has 0 fully saturated rings. The SMILES string of the molecule is COc1ccc(NC(C)=O)cc1N[C@H](C)C(=O)N[C@@H](C)c1ccc(F)cc1. The molecule has 2 rings (SSSR count). The minimum Gasteiger partial charge on any atom is -0.495 e. The monoisotopic (exact) mass is 373 g/mol. The molecule has 27 heavy (non-hydrogen) atoms. The third-order valence-corrected chi connectivity index (χ3v) is 4.01. The van der Waals surface area contributed by atoms with Gasteiger partial charge in [0.05, 0.1) is 18.8 Å². The molecule has 7 heteroatoms. The first kappa shape index (κ1) is 20.2. The van der Waals surface area contributed by atoms with E-state index in [4.69, 9.17) is 4.74 Å². The maximum absolute atomic E-state index is 13.0. The van der Waals surface area contributed by atoms with Crippen LogP contribution in [0.4, 0.5) is 15.8 Å². The number of amides is 2. The van der Waals surface area contributed by atoms with Crippen molar-refractivity contribution < 1.29 is 18.7 Å². The van der Waals surface area contributed by atoms with E-state index in [0.29, 0.717) is 17.1 Å². The van der Waals surface area contributed by atoms with E-state index in [1.165, 1.54) is 26.2 Å². The van der Waals surface area contributed by atoms with Crippen molar-refractivity contribution in [2.24, 2.45) is 0 Å². The van der Waals surface area contributed by atoms with E-state index in [0.717, 1.165) is 5.56 Å². The van der Waals surface area contributed by atoms with Crippen LogP contribution < -0.4 is 20.7 Å². The van der Waals surface area contributed by atoms with E-state index in [-0.39, 0.29) is 23.7 Å². The highest BCUT2D eigenvalue weighted by atomic mass is 19.1. The second-order valence-electron chi connectivity index (χ2n) is 6.24. The summed E-state index contributed by atoms with van der Waals surface area (Å²) in [4.78, 5) is 23.7. The molecule has 0 unspecified atom stereocenters. The Bertz CT molecular complexity index is 809. The molecule has 2 aromatic rings. The summed E-state index contributed by atoms with van der Waals surface area (Å²) in [6.45, 7) is 4.97. The van der Waals surface area contributed by atoms with Crippen molar-refractivity contribution >= 4 is 23.2 Å². The molecule has 0 aliphatic carbocycles. The highest BCUT2D eigenvalue weighted by Gasteiger charge is 2.18. The molecule has 0 saturated carbocycles. The summed E-state index contributed by atoms with van der Waals surface area (Å²) in [5.41, 5.74) is 1.99. The molecular weight excluding hydrogens is 349 g/mol. The third-order valence-electron chi connectivity index (χ3n) is 4.01. The van der Waals surface area contributed by atoms with Gasteiger partial charge in [-0.25, -0.2) is 4.39 Å². The number of ether oxygens (including phenoxy) is 1. The Morgan fingerprint density at radius 3 is 2.33 bits per heavy atom. The number of benzene rings is 2. The van der Waals surface area contributed by atoms with E-state index in [9.17, 15) is 14.0 Å². The Balaban J connectivity index is 2.06. The van der Waals surface area contributed by atoms with Crippen LogP contribution in [0.3, 0.4) is 0 Å². The third kappa shape index (κ3) is 5.70. The summed E-state index contributed by atoms with van der Waals surface area (Å²) < 4.78 is 18.3. The highest BCUT2D eigenvalue weighted by molar-refractivity contribution is 5.90. The zero-order valence-corrected chi connectivity index (χ0v) is 15.8. The van der Waals surface area contributed by atoms with Gasteiger partial charge in [-0.3, -0.25) is 9.59 Å². The van der Waals surface area contributed by atoms with Gasteiger partial charge >= 0.3 is 0 Å². The van der Waals surface area contributed by atoms with Crippen LogP contribution in [0.2, 0.25) is 0 Å². The number of halogens is 1. The first-order valence-corrected chi connectivity index (χ1v) is 8.58. The Hall–Kier alpha value is -3.09. The molecule has 2 aromatic carbocycles. The molecule has 3 N–H and O–H groups in total. The Kier molecular flexibility index (Phi) is 6.76. The molecule has 6 nitrogen and oxygen atoms in total. The zero-order chi connectivity index (χ0) is 20.0. The van der Waals surface area contributed by atoms with Crippen molar-refractivity contribution in [3.05, 3.63) is 53.8 Å². The van der Waals surface area contributed by atoms with Gasteiger partial charge in [-0.15, -0.1) is 0 Å². The van der Waals surface area contributed by atoms with Crippen LogP contribution in [0, 0.1) is 5.82 Å². The van der Waals surface area contributed by atoms with E-state index >= 15 is 0 Å². The van der Waals surface area contributed by atoms with E-state index in [1.54, 1.807) is 37.3 Å². The summed E-state index contributed by atoms with van der Waals surface area (Å²) in [6.07, 6.45) is 0. The van der Waals surface area contributed by atoms with Crippen LogP contribution in [0.5, 0.6) is 5.75 Å². The maximum Gasteiger partial charge on any atom is 0.242 e. The number of carbonyl (C=O) groups is 2. The van der Waals surface area contributed by atoms with Gasteiger partial charge < -0.3 is 20.7 Å². The molecule has 0 saturated heterocycles. The van der Waals surface area contributed by atoms with Crippen LogP contribution >= 0.6 is 0 Å². The number of hydrogen-bond donors (Lipinski definition) is 3. The fourth-order valence-electron chi connectivity index (χ4n) is 2.57. The van der Waals surface area contributed by atoms with Crippen molar-refractivity contribution in [3.8, 4) is 5.75 Å². The van der Waals surface area contributed by atoms with Gasteiger partial charge in [0.2, 0.25) is 11.8 Å². The number of nitrogens with one attached hydrogen (secondary N) is 3. The van der Waals surface area contributed by atoms with Crippen LogP contribution in [0.15, 0.2) is 42.5 Å². The summed E-state index contributed by atoms with van der Waals surface area (Å²) in [6, 6.07) is 10.3. The molecule has 2 amide bonds. The number of hydrogen-bond acceptors (Lipinski definition) is 4. The summed E-state index contributed by atoms with van der Waals surface area (Å²) in [5.74, 6) is -0.183. The minimum absolute atomic E-state index is 0.190. The lowest BCUT2D eigenvalue weighted by Gasteiger charge is -2.21. The molecule has 0 spiro atoms. The van der Waals surface area contributed by atoms with Crippen LogP contribution in [-0.2, 0) is 9.59 Å². The fraction of sp³-hybridized carbons (Fsp3) is 0.300. The minimum atomic E-state index is -0.561. The van der Waals surface area contributed by atoms with Gasteiger partial charge in [-0.2, -0.15) is 0 Å². The predicted octanol–water partition coefficient (Wildman–Crippen LogP) is 3.47. The standard InChI is InChI=1S/C20H24FN3O3/c1-12(15-5-7-16(21)8-6-15)23-20(26)13(2)22-18-11-17(24-14(3)25)9-10-19(18)27-4/h5-13,22H,1-4H3,(H,23,26)(H,24,25)/t12-,13+/m0/s1. The lowest BCUT2D eigenvalue weighted by molar-refractivity contribution is -0.122. The smallest absolute Gasteiger partial charge is 0.242 e. The fourth-order valence-corrected chi connectivity index (χ4v) is 2.57. The molecule has 0 aliphatic rings. The Labute approximate surface area is 158 Å². The van der Waals surface area contributed by atoms with Crippen LogP contribution in [0.25, 0.3) is 0 Å². The molecule has 0 aromatic heterocycles. The lowest BCUT2D eigenvalue weighted by atomic mass is 10.1. The average molecular weight is 373 g/mol. The first-order chi connectivity index (χ1) is 12.8. The topological polar surface area (TPSA) is 79.5 Å². The number of anilines is 2. The van der Waals surface area contributed by atoms with Crippen molar-refractivity contribution in [2.45, 2.75) is 32.9 Å². The van der Waals surface area contributed by atoms with Gasteiger partial charge in [-0.1, -0.05) is 12.1 Å². The van der Waals surface area contributed by atoms with Crippen molar-refractivity contribution in [1.29, 1.82) is 0 Å². The van der Waals surface area contributed by atoms with Gasteiger partial charge in [0.15, 0.2) is 0 Å². The molecule has 0 radical (unpaired) electrons. The van der Waals surface area contributed by atoms with E-state index < -0.39 is 6.04 Å². The molecule has 2 atom stereocenters. The molecule has 144 valence electrons. The number of carbonyl (C=O) groups excluding carboxylic acids is 2. The zero-order valence-electron chi connectivity index (χ0n) is 15.8. The summed E-state index contributed by atoms with van der Waals surface area (Å²) >= 11 is 0. The van der Waals surface area contributed by atoms with Crippen molar-refractivity contribution in [3.63, 3.8) is 0 Å². The molecule has 0 bridgehead atoms. The van der Waals surface area contributed by atoms with Crippen LogP contribution in [0.1, 0.15) is 32.4 Å². The Morgan fingerprint density at radius 2 is 1.74 bits per heavy atom. The van der Waals surface area contributed by atoms with Crippen molar-refractivity contribution in [1.82, 2.24) is 5.32 Å². The first-order valence-electron chi connectivity index (χ1n) is 8.58. The van der Waals surface area contributed by atoms with Gasteiger partial charge in [-0.05, 0) is 49.7 Å². The second-order valence-corrected chi connectivity index (χ2v) is 6.24. The van der Waals surface area contributed by atoms with E-state index in [2.05, 4.69) is 16.0 Å². The van der Waals surface area contributed by atoms with Gasteiger partial charge in [0, 0.05) is 12.6 Å². The summed E-state index contributed by atoms with van der Waals surface area (Å²) in [5, 5.41) is 8.67. The van der Waals surface area contributed by atoms with E-state index in [1.807, 2.05) is 6.92 Å². The average Bonchev–Trinajstić information content (AvgIpc) is 2.61. The second kappa shape index (κ2) is 9.02. The van der Waals surface area contributed by atoms with Gasteiger partial charge in [0.25, 0.3) is 0 Å². The van der Waals surface area contributed by atoms with Crippen LogP contribution in [-0.4, -0.2) is 25.0 Å². The highest BCUT2D eigenvalue weighted by Crippen LogP contribution is 2.28. The lowest BCUT2D eigenvalue weighted by Crippen LogP contribution is -2.39. The Morgan fingerprint density at radius 1 is 1.07 bits per heavy atom. The number of methoxy groups -OCH3 is 1. The largest absolute Gasteiger partial charge is 0.495 e. The quantitative estimate of drug-likeness (QED) is 0.694. The number of rotatable bonds is 7. The van der Waals surface area contributed by atoms with Crippen molar-refractivity contribution in [2.75, 3.05) is 17.7 Å². The molecule has 0 heterocycles. The molecular formula is C20H24FN3O3. The predicted molar refractivity (Wildman–Crippen MR) is 103 cm³/mol. The molecule has 0 aliphatic heterocycles. The normalized spacial score (nSPS) is 12.6. The van der Waals surface area contributed by atoms with Gasteiger partial charge in [0.1, 0.15) is 17.6 Å².